The van der Waals surface area contributed by atoms with Crippen LogP contribution in [0.1, 0.15) is 73.1 Å². The van der Waals surface area contributed by atoms with E-state index in [2.05, 4.69) is 47.0 Å². The maximum absolute atomic E-state index is 6.33. The molecule has 0 aromatic rings. The molecule has 2 atom stereocenters. The first-order valence-electron chi connectivity index (χ1n) is 8.08. The van der Waals surface area contributed by atoms with E-state index in [9.17, 15) is 0 Å². The minimum Gasteiger partial charge on any atom is -0.369 e. The standard InChI is InChI=1S/C17H33NO/c1-15(2)12-13(16(3,4)19-15)14(18-6)17(5)10-8-7-9-11-17/h13-14,18H,7-12H2,1-6H3. The van der Waals surface area contributed by atoms with Crippen molar-refractivity contribution in [1.29, 1.82) is 0 Å². The van der Waals surface area contributed by atoms with E-state index in [-0.39, 0.29) is 11.2 Å². The number of nitrogens with one attached hydrogen (secondary N) is 1. The summed E-state index contributed by atoms with van der Waals surface area (Å²) in [5.41, 5.74) is 0.449. The number of hydrogen-bond donors (Lipinski definition) is 1. The van der Waals surface area contributed by atoms with Gasteiger partial charge in [0.1, 0.15) is 0 Å². The van der Waals surface area contributed by atoms with Crippen molar-refractivity contribution in [1.82, 2.24) is 5.32 Å². The van der Waals surface area contributed by atoms with Crippen molar-refractivity contribution in [3.05, 3.63) is 0 Å². The Morgan fingerprint density at radius 3 is 2.00 bits per heavy atom. The van der Waals surface area contributed by atoms with Crippen molar-refractivity contribution in [3.63, 3.8) is 0 Å². The van der Waals surface area contributed by atoms with Crippen LogP contribution in [0.5, 0.6) is 0 Å². The summed E-state index contributed by atoms with van der Waals surface area (Å²) in [6.45, 7) is 11.5. The molecule has 0 spiro atoms. The minimum atomic E-state index is -0.0162. The van der Waals surface area contributed by atoms with Gasteiger partial charge in [-0.15, -0.1) is 0 Å². The van der Waals surface area contributed by atoms with E-state index < -0.39 is 0 Å². The van der Waals surface area contributed by atoms with Gasteiger partial charge in [-0.2, -0.15) is 0 Å². The first kappa shape index (κ1) is 15.3. The maximum atomic E-state index is 6.33. The molecule has 2 aliphatic rings. The Hall–Kier alpha value is -0.0800. The average molecular weight is 267 g/mol. The zero-order valence-corrected chi connectivity index (χ0v) is 13.8. The molecule has 0 aromatic heterocycles. The maximum Gasteiger partial charge on any atom is 0.0677 e. The first-order valence-corrected chi connectivity index (χ1v) is 8.08. The summed E-state index contributed by atoms with van der Waals surface area (Å²) in [5, 5.41) is 3.67. The van der Waals surface area contributed by atoms with E-state index >= 15 is 0 Å². The summed E-state index contributed by atoms with van der Waals surface area (Å²) in [7, 11) is 2.14. The lowest BCUT2D eigenvalue weighted by atomic mass is 9.63. The van der Waals surface area contributed by atoms with Crippen LogP contribution in [0.4, 0.5) is 0 Å². The van der Waals surface area contributed by atoms with Crippen LogP contribution < -0.4 is 5.32 Å². The third-order valence-electron chi connectivity index (χ3n) is 5.60. The Morgan fingerprint density at radius 2 is 1.58 bits per heavy atom. The molecule has 2 heteroatoms. The molecule has 1 saturated heterocycles. The van der Waals surface area contributed by atoms with Crippen molar-refractivity contribution in [2.24, 2.45) is 11.3 Å². The molecule has 1 heterocycles. The zero-order chi connectivity index (χ0) is 14.3. The molecule has 2 rings (SSSR count). The molecule has 0 bridgehead atoms. The Labute approximate surface area is 119 Å². The highest BCUT2D eigenvalue weighted by Gasteiger charge is 2.52. The highest BCUT2D eigenvalue weighted by molar-refractivity contribution is 5.04. The van der Waals surface area contributed by atoms with Gasteiger partial charge in [0.25, 0.3) is 0 Å². The van der Waals surface area contributed by atoms with E-state index in [0.717, 1.165) is 0 Å². The van der Waals surface area contributed by atoms with Gasteiger partial charge in [0.05, 0.1) is 11.2 Å². The van der Waals surface area contributed by atoms with Crippen molar-refractivity contribution in [2.75, 3.05) is 7.05 Å². The molecular formula is C17H33NO. The van der Waals surface area contributed by atoms with Crippen molar-refractivity contribution >= 4 is 0 Å². The molecule has 1 aliphatic heterocycles. The van der Waals surface area contributed by atoms with Crippen LogP contribution in [-0.2, 0) is 4.74 Å². The summed E-state index contributed by atoms with van der Waals surface area (Å²) in [6.07, 6.45) is 8.11. The van der Waals surface area contributed by atoms with Crippen LogP contribution in [0.3, 0.4) is 0 Å². The molecule has 0 radical (unpaired) electrons. The van der Waals surface area contributed by atoms with Gasteiger partial charge in [-0.3, -0.25) is 0 Å². The van der Waals surface area contributed by atoms with Gasteiger partial charge in [0.15, 0.2) is 0 Å². The monoisotopic (exact) mass is 267 g/mol. The molecule has 0 amide bonds. The van der Waals surface area contributed by atoms with E-state index in [4.69, 9.17) is 4.74 Å². The van der Waals surface area contributed by atoms with E-state index in [1.165, 1.54) is 38.5 Å². The van der Waals surface area contributed by atoms with Crippen LogP contribution in [0.25, 0.3) is 0 Å². The Morgan fingerprint density at radius 1 is 1.00 bits per heavy atom. The third-order valence-corrected chi connectivity index (χ3v) is 5.60. The lowest BCUT2D eigenvalue weighted by molar-refractivity contribution is -0.0837. The second kappa shape index (κ2) is 5.04. The molecule has 2 fully saturated rings. The number of ether oxygens (including phenoxy) is 1. The van der Waals surface area contributed by atoms with Crippen LogP contribution in [0.2, 0.25) is 0 Å². The summed E-state index contributed by atoms with van der Waals surface area (Å²) in [4.78, 5) is 0. The fourth-order valence-corrected chi connectivity index (χ4v) is 4.83. The van der Waals surface area contributed by atoms with Gasteiger partial charge in [-0.25, -0.2) is 0 Å². The largest absolute Gasteiger partial charge is 0.369 e. The smallest absolute Gasteiger partial charge is 0.0677 e. The average Bonchev–Trinajstić information content (AvgIpc) is 2.48. The number of rotatable bonds is 3. The van der Waals surface area contributed by atoms with Gasteiger partial charge >= 0.3 is 0 Å². The van der Waals surface area contributed by atoms with Crippen LogP contribution in [0, 0.1) is 11.3 Å². The molecule has 19 heavy (non-hydrogen) atoms. The van der Waals surface area contributed by atoms with Crippen LogP contribution in [-0.4, -0.2) is 24.3 Å². The predicted molar refractivity (Wildman–Crippen MR) is 81.4 cm³/mol. The lowest BCUT2D eigenvalue weighted by Crippen LogP contribution is -2.52. The highest BCUT2D eigenvalue weighted by atomic mass is 16.5. The van der Waals surface area contributed by atoms with Gasteiger partial charge in [0.2, 0.25) is 0 Å². The fraction of sp³-hybridized carbons (Fsp3) is 1.00. The van der Waals surface area contributed by atoms with Crippen LogP contribution >= 0.6 is 0 Å². The molecule has 0 aromatic carbocycles. The fourth-order valence-electron chi connectivity index (χ4n) is 4.83. The Bertz CT molecular complexity index is 315. The van der Waals surface area contributed by atoms with Gasteiger partial charge < -0.3 is 10.1 Å². The summed E-state index contributed by atoms with van der Waals surface area (Å²) < 4.78 is 6.33. The van der Waals surface area contributed by atoms with E-state index in [0.29, 0.717) is 17.4 Å². The molecule has 1 saturated carbocycles. The highest BCUT2D eigenvalue weighted by Crippen LogP contribution is 2.50. The summed E-state index contributed by atoms with van der Waals surface area (Å²) in [5.74, 6) is 0.607. The quantitative estimate of drug-likeness (QED) is 0.830. The molecule has 2 unspecified atom stereocenters. The van der Waals surface area contributed by atoms with Gasteiger partial charge in [0, 0.05) is 12.0 Å². The minimum absolute atomic E-state index is 0.0162. The normalized spacial score (nSPS) is 34.1. The lowest BCUT2D eigenvalue weighted by Gasteiger charge is -2.46. The summed E-state index contributed by atoms with van der Waals surface area (Å²) >= 11 is 0. The van der Waals surface area contributed by atoms with E-state index in [1.807, 2.05) is 0 Å². The second-order valence-corrected chi connectivity index (χ2v) is 8.26. The summed E-state index contributed by atoms with van der Waals surface area (Å²) in [6, 6.07) is 0.574. The topological polar surface area (TPSA) is 21.3 Å². The SMILES string of the molecule is CNC(C1CC(C)(C)OC1(C)C)C1(C)CCCCC1. The first-order chi connectivity index (χ1) is 8.70. The molecule has 2 nitrogen and oxygen atoms in total. The van der Waals surface area contributed by atoms with Crippen molar-refractivity contribution < 1.29 is 4.74 Å². The van der Waals surface area contributed by atoms with Crippen molar-refractivity contribution in [3.8, 4) is 0 Å². The molecule has 1 aliphatic carbocycles. The molecule has 112 valence electrons. The van der Waals surface area contributed by atoms with Crippen molar-refractivity contribution in [2.45, 2.75) is 90.4 Å². The Kier molecular flexibility index (Phi) is 4.06. The number of hydrogen-bond acceptors (Lipinski definition) is 2. The molecule has 1 N–H and O–H groups in total. The second-order valence-electron chi connectivity index (χ2n) is 8.26. The van der Waals surface area contributed by atoms with Gasteiger partial charge in [-0.1, -0.05) is 26.2 Å². The predicted octanol–water partition coefficient (Wildman–Crippen LogP) is 4.14. The van der Waals surface area contributed by atoms with E-state index in [1.54, 1.807) is 0 Å². The van der Waals surface area contributed by atoms with Crippen LogP contribution in [0.15, 0.2) is 0 Å². The zero-order valence-electron chi connectivity index (χ0n) is 13.8. The van der Waals surface area contributed by atoms with Gasteiger partial charge in [-0.05, 0) is 59.4 Å². The third kappa shape index (κ3) is 3.00. The molecular weight excluding hydrogens is 234 g/mol. The Balaban J connectivity index is 2.22.